The summed E-state index contributed by atoms with van der Waals surface area (Å²) >= 11 is 13.2. The van der Waals surface area contributed by atoms with E-state index in [1.165, 1.54) is 11.8 Å². The van der Waals surface area contributed by atoms with Crippen molar-refractivity contribution in [2.45, 2.75) is 5.22 Å². The summed E-state index contributed by atoms with van der Waals surface area (Å²) in [7, 11) is 0. The molecule has 2 aromatic carbocycles. The molecule has 0 bridgehead atoms. The molecule has 1 heterocycles. The molecule has 0 saturated carbocycles. The van der Waals surface area contributed by atoms with E-state index in [2.05, 4.69) is 10.2 Å². The Balaban J connectivity index is 1.69. The predicted octanol–water partition coefficient (Wildman–Crippen LogP) is 5.02. The predicted molar refractivity (Wildman–Crippen MR) is 91.3 cm³/mol. The van der Waals surface area contributed by atoms with Crippen LogP contribution in [-0.2, 0) is 0 Å². The number of carbonyl (C=O) groups excluding carboxylic acids is 1. The molecule has 4 nitrogen and oxygen atoms in total. The highest BCUT2D eigenvalue weighted by atomic mass is 35.5. The average molecular weight is 365 g/mol. The zero-order valence-electron chi connectivity index (χ0n) is 11.7. The van der Waals surface area contributed by atoms with Crippen molar-refractivity contribution in [3.63, 3.8) is 0 Å². The maximum atomic E-state index is 12.0. The van der Waals surface area contributed by atoms with Gasteiger partial charge in [-0.15, -0.1) is 10.2 Å². The minimum Gasteiger partial charge on any atom is -0.411 e. The Morgan fingerprint density at radius 3 is 2.61 bits per heavy atom. The number of thioether (sulfide) groups is 1. The van der Waals surface area contributed by atoms with Crippen molar-refractivity contribution in [2.24, 2.45) is 0 Å². The van der Waals surface area contributed by atoms with Gasteiger partial charge in [0.15, 0.2) is 5.78 Å². The van der Waals surface area contributed by atoms with Crippen LogP contribution in [0.25, 0.3) is 11.5 Å². The topological polar surface area (TPSA) is 56.0 Å². The molecule has 23 heavy (non-hydrogen) atoms. The van der Waals surface area contributed by atoms with Gasteiger partial charge in [-0.3, -0.25) is 4.79 Å². The second kappa shape index (κ2) is 7.17. The summed E-state index contributed by atoms with van der Waals surface area (Å²) in [4.78, 5) is 12.0. The van der Waals surface area contributed by atoms with Gasteiger partial charge in [0.25, 0.3) is 5.22 Å². The van der Waals surface area contributed by atoms with Gasteiger partial charge in [-0.05, 0) is 18.2 Å². The SMILES string of the molecule is O=C(CSc1nnc(-c2ccc(Cl)cc2Cl)o1)c1ccccc1. The number of rotatable bonds is 5. The van der Waals surface area contributed by atoms with Gasteiger partial charge < -0.3 is 4.42 Å². The minimum atomic E-state index is -0.000115. The number of hydrogen-bond donors (Lipinski definition) is 0. The molecule has 0 saturated heterocycles. The molecule has 0 amide bonds. The Hall–Kier alpha value is -1.82. The number of halogens is 2. The standard InChI is InChI=1S/C16H10Cl2N2O2S/c17-11-6-7-12(13(18)8-11)15-19-20-16(22-15)23-9-14(21)10-4-2-1-3-5-10/h1-8H,9H2. The molecular weight excluding hydrogens is 355 g/mol. The van der Waals surface area contributed by atoms with Crippen LogP contribution in [0, 0.1) is 0 Å². The first kappa shape index (κ1) is 16.1. The zero-order chi connectivity index (χ0) is 16.2. The first-order chi connectivity index (χ1) is 11.1. The molecule has 3 rings (SSSR count). The van der Waals surface area contributed by atoms with Crippen molar-refractivity contribution in [3.8, 4) is 11.5 Å². The number of hydrogen-bond acceptors (Lipinski definition) is 5. The van der Waals surface area contributed by atoms with Gasteiger partial charge in [0, 0.05) is 10.6 Å². The number of ketones is 1. The molecule has 0 fully saturated rings. The highest BCUT2D eigenvalue weighted by molar-refractivity contribution is 7.99. The molecule has 0 radical (unpaired) electrons. The van der Waals surface area contributed by atoms with Crippen LogP contribution in [0.1, 0.15) is 10.4 Å². The van der Waals surface area contributed by atoms with Crippen LogP contribution in [0.15, 0.2) is 58.2 Å². The van der Waals surface area contributed by atoms with Gasteiger partial charge in [-0.25, -0.2) is 0 Å². The molecule has 0 atom stereocenters. The second-order valence-electron chi connectivity index (χ2n) is 4.58. The number of nitrogens with zero attached hydrogens (tertiary/aromatic N) is 2. The van der Waals surface area contributed by atoms with E-state index >= 15 is 0 Å². The van der Waals surface area contributed by atoms with Crippen LogP contribution in [-0.4, -0.2) is 21.7 Å². The van der Waals surface area contributed by atoms with E-state index in [1.54, 1.807) is 30.3 Å². The number of benzene rings is 2. The summed E-state index contributed by atoms with van der Waals surface area (Å²) in [5.41, 5.74) is 1.25. The normalized spacial score (nSPS) is 10.7. The highest BCUT2D eigenvalue weighted by Crippen LogP contribution is 2.31. The van der Waals surface area contributed by atoms with Crippen molar-refractivity contribution in [1.82, 2.24) is 10.2 Å². The van der Waals surface area contributed by atoms with E-state index in [0.29, 0.717) is 32.3 Å². The largest absolute Gasteiger partial charge is 0.411 e. The number of aromatic nitrogens is 2. The van der Waals surface area contributed by atoms with Crippen LogP contribution in [0.5, 0.6) is 0 Å². The van der Waals surface area contributed by atoms with Crippen LogP contribution >= 0.6 is 35.0 Å². The minimum absolute atomic E-state index is 0.000115. The maximum absolute atomic E-state index is 12.0. The van der Waals surface area contributed by atoms with E-state index in [9.17, 15) is 4.79 Å². The quantitative estimate of drug-likeness (QED) is 0.469. The Kier molecular flexibility index (Phi) is 5.00. The van der Waals surface area contributed by atoms with Gasteiger partial charge >= 0.3 is 0 Å². The van der Waals surface area contributed by atoms with Gasteiger partial charge in [-0.1, -0.05) is 65.3 Å². The van der Waals surface area contributed by atoms with Crippen LogP contribution < -0.4 is 0 Å². The van der Waals surface area contributed by atoms with Crippen molar-refractivity contribution in [3.05, 3.63) is 64.1 Å². The van der Waals surface area contributed by atoms with E-state index in [4.69, 9.17) is 27.6 Å². The Morgan fingerprint density at radius 1 is 1.09 bits per heavy atom. The van der Waals surface area contributed by atoms with Crippen molar-refractivity contribution in [1.29, 1.82) is 0 Å². The third-order valence-corrected chi connectivity index (χ3v) is 4.36. The monoisotopic (exact) mass is 364 g/mol. The molecular formula is C16H10Cl2N2O2S. The van der Waals surface area contributed by atoms with E-state index < -0.39 is 0 Å². The molecule has 3 aromatic rings. The van der Waals surface area contributed by atoms with Crippen LogP contribution in [0.2, 0.25) is 10.0 Å². The Labute approximate surface area is 146 Å². The van der Waals surface area contributed by atoms with Crippen molar-refractivity contribution in [2.75, 3.05) is 5.75 Å². The Bertz CT molecular complexity index is 837. The zero-order valence-corrected chi connectivity index (χ0v) is 14.0. The van der Waals surface area contributed by atoms with Crippen molar-refractivity contribution >= 4 is 40.7 Å². The first-order valence-electron chi connectivity index (χ1n) is 6.63. The third kappa shape index (κ3) is 3.93. The molecule has 0 aliphatic carbocycles. The summed E-state index contributed by atoms with van der Waals surface area (Å²) < 4.78 is 5.54. The maximum Gasteiger partial charge on any atom is 0.277 e. The molecule has 0 spiro atoms. The summed E-state index contributed by atoms with van der Waals surface area (Å²) in [6, 6.07) is 14.1. The molecule has 0 N–H and O–H groups in total. The average Bonchev–Trinajstić information content (AvgIpc) is 3.02. The van der Waals surface area contributed by atoms with E-state index in [1.807, 2.05) is 18.2 Å². The van der Waals surface area contributed by atoms with E-state index in [0.717, 1.165) is 0 Å². The van der Waals surface area contributed by atoms with Crippen LogP contribution in [0.4, 0.5) is 0 Å². The molecule has 0 aliphatic heterocycles. The summed E-state index contributed by atoms with van der Waals surface area (Å²) in [5.74, 6) is 0.515. The molecule has 7 heteroatoms. The molecule has 0 aliphatic rings. The fraction of sp³-hybridized carbons (Fsp3) is 0.0625. The summed E-state index contributed by atoms with van der Waals surface area (Å²) in [6.07, 6.45) is 0. The van der Waals surface area contributed by atoms with Gasteiger partial charge in [0.1, 0.15) is 0 Å². The first-order valence-corrected chi connectivity index (χ1v) is 8.37. The van der Waals surface area contributed by atoms with Gasteiger partial charge in [0.2, 0.25) is 5.89 Å². The van der Waals surface area contributed by atoms with Crippen LogP contribution in [0.3, 0.4) is 0 Å². The van der Waals surface area contributed by atoms with E-state index in [-0.39, 0.29) is 11.5 Å². The number of carbonyl (C=O) groups is 1. The fourth-order valence-electron chi connectivity index (χ4n) is 1.87. The lowest BCUT2D eigenvalue weighted by atomic mass is 10.2. The molecule has 0 unspecified atom stereocenters. The van der Waals surface area contributed by atoms with Gasteiger partial charge in [-0.2, -0.15) is 0 Å². The third-order valence-electron chi connectivity index (χ3n) is 2.99. The molecule has 1 aromatic heterocycles. The highest BCUT2D eigenvalue weighted by Gasteiger charge is 2.14. The second-order valence-corrected chi connectivity index (χ2v) is 6.35. The van der Waals surface area contributed by atoms with Gasteiger partial charge in [0.05, 0.1) is 16.3 Å². The lowest BCUT2D eigenvalue weighted by Gasteiger charge is -1.99. The lowest BCUT2D eigenvalue weighted by Crippen LogP contribution is -2.01. The fourth-order valence-corrected chi connectivity index (χ4v) is 3.02. The smallest absolute Gasteiger partial charge is 0.277 e. The molecule has 116 valence electrons. The number of Topliss-reactive ketones (excluding diaryl/α,β-unsaturated/α-hetero) is 1. The van der Waals surface area contributed by atoms with Crippen molar-refractivity contribution < 1.29 is 9.21 Å². The summed E-state index contributed by atoms with van der Waals surface area (Å²) in [6.45, 7) is 0. The lowest BCUT2D eigenvalue weighted by molar-refractivity contribution is 0.102. The summed E-state index contributed by atoms with van der Waals surface area (Å²) in [5, 5.41) is 9.15. The Morgan fingerprint density at radius 2 is 1.87 bits per heavy atom.